The zero-order valence-electron chi connectivity index (χ0n) is 15.6. The molecule has 28 heavy (non-hydrogen) atoms. The number of oxazole rings is 1. The van der Waals surface area contributed by atoms with Crippen LogP contribution in [0.1, 0.15) is 30.1 Å². The van der Waals surface area contributed by atoms with Gasteiger partial charge in [-0.15, -0.1) is 0 Å². The Morgan fingerprint density at radius 3 is 2.79 bits per heavy atom. The van der Waals surface area contributed by atoms with Crippen molar-refractivity contribution in [3.05, 3.63) is 60.6 Å². The fourth-order valence-corrected chi connectivity index (χ4v) is 3.62. The lowest BCUT2D eigenvalue weighted by molar-refractivity contribution is 0.0846. The summed E-state index contributed by atoms with van der Waals surface area (Å²) in [7, 11) is 0. The van der Waals surface area contributed by atoms with Crippen molar-refractivity contribution in [1.82, 2.24) is 19.4 Å². The van der Waals surface area contributed by atoms with Gasteiger partial charge in [-0.3, -0.25) is 4.98 Å². The van der Waals surface area contributed by atoms with E-state index >= 15 is 0 Å². The van der Waals surface area contributed by atoms with Crippen LogP contribution in [-0.2, 0) is 4.74 Å². The summed E-state index contributed by atoms with van der Waals surface area (Å²) in [6.07, 6.45) is 9.45. The topological polar surface area (TPSA) is 77.5 Å². The van der Waals surface area contributed by atoms with E-state index in [9.17, 15) is 0 Å². The number of imidazole rings is 1. The SMILES string of the molecule is Cc1ncoc1-c1ccc(Nc2cccn3cc(C4CCOCC4)nc23)cn1. The molecule has 4 aromatic heterocycles. The number of hydrogen-bond acceptors (Lipinski definition) is 6. The summed E-state index contributed by atoms with van der Waals surface area (Å²) < 4.78 is 13.0. The second-order valence-corrected chi connectivity index (χ2v) is 7.03. The maximum absolute atomic E-state index is 5.48. The number of aromatic nitrogens is 4. The molecule has 1 fully saturated rings. The van der Waals surface area contributed by atoms with Gasteiger partial charge in [0.05, 0.1) is 29.0 Å². The molecule has 1 aliphatic rings. The van der Waals surface area contributed by atoms with Gasteiger partial charge >= 0.3 is 0 Å². The molecule has 0 saturated carbocycles. The molecule has 0 amide bonds. The lowest BCUT2D eigenvalue weighted by atomic mass is 9.97. The summed E-state index contributed by atoms with van der Waals surface area (Å²) in [5.41, 5.74) is 5.49. The van der Waals surface area contributed by atoms with Crippen LogP contribution in [0.15, 0.2) is 53.7 Å². The Morgan fingerprint density at radius 2 is 2.04 bits per heavy atom. The van der Waals surface area contributed by atoms with Gasteiger partial charge in [0.15, 0.2) is 17.8 Å². The van der Waals surface area contributed by atoms with Crippen LogP contribution in [0.4, 0.5) is 11.4 Å². The highest BCUT2D eigenvalue weighted by molar-refractivity contribution is 5.74. The number of nitrogens with one attached hydrogen (secondary N) is 1. The molecule has 142 valence electrons. The van der Waals surface area contributed by atoms with E-state index in [4.69, 9.17) is 14.1 Å². The summed E-state index contributed by atoms with van der Waals surface area (Å²) in [6.45, 7) is 3.53. The van der Waals surface area contributed by atoms with Crippen LogP contribution in [0.3, 0.4) is 0 Å². The second-order valence-electron chi connectivity index (χ2n) is 7.03. The summed E-state index contributed by atoms with van der Waals surface area (Å²) in [5.74, 6) is 1.16. The van der Waals surface area contributed by atoms with Crippen molar-refractivity contribution < 1.29 is 9.15 Å². The molecule has 0 bridgehead atoms. The zero-order chi connectivity index (χ0) is 18.9. The first kappa shape index (κ1) is 16.9. The molecule has 5 rings (SSSR count). The number of anilines is 2. The van der Waals surface area contributed by atoms with Crippen molar-refractivity contribution in [2.75, 3.05) is 18.5 Å². The molecule has 1 saturated heterocycles. The van der Waals surface area contributed by atoms with E-state index in [1.807, 2.05) is 37.4 Å². The summed E-state index contributed by atoms with van der Waals surface area (Å²) in [5, 5.41) is 3.43. The monoisotopic (exact) mass is 375 g/mol. The molecular weight excluding hydrogens is 354 g/mol. The number of aryl methyl sites for hydroxylation is 1. The van der Waals surface area contributed by atoms with Crippen LogP contribution in [0.2, 0.25) is 0 Å². The second kappa shape index (κ2) is 7.09. The van der Waals surface area contributed by atoms with Crippen LogP contribution in [0.5, 0.6) is 0 Å². The highest BCUT2D eigenvalue weighted by atomic mass is 16.5. The molecule has 1 N–H and O–H groups in total. The van der Waals surface area contributed by atoms with Gasteiger partial charge in [0.25, 0.3) is 0 Å². The van der Waals surface area contributed by atoms with Gasteiger partial charge in [-0.05, 0) is 44.0 Å². The van der Waals surface area contributed by atoms with E-state index in [-0.39, 0.29) is 0 Å². The molecule has 7 nitrogen and oxygen atoms in total. The maximum atomic E-state index is 5.48. The maximum Gasteiger partial charge on any atom is 0.181 e. The largest absolute Gasteiger partial charge is 0.442 e. The molecule has 0 aromatic carbocycles. The molecular formula is C21H21N5O2. The van der Waals surface area contributed by atoms with Gasteiger partial charge in [-0.2, -0.15) is 0 Å². The molecule has 0 atom stereocenters. The van der Waals surface area contributed by atoms with Gasteiger partial charge in [-0.1, -0.05) is 0 Å². The molecule has 4 aromatic rings. The Hall–Kier alpha value is -3.19. The summed E-state index contributed by atoms with van der Waals surface area (Å²) in [4.78, 5) is 13.5. The van der Waals surface area contributed by atoms with E-state index in [1.165, 1.54) is 6.39 Å². The molecule has 0 unspecified atom stereocenters. The quantitative estimate of drug-likeness (QED) is 0.572. The first-order valence-electron chi connectivity index (χ1n) is 9.47. The average molecular weight is 375 g/mol. The van der Waals surface area contributed by atoms with Gasteiger partial charge in [0, 0.05) is 31.5 Å². The predicted octanol–water partition coefficient (Wildman–Crippen LogP) is 4.33. The molecule has 0 radical (unpaired) electrons. The first-order chi connectivity index (χ1) is 13.8. The fourth-order valence-electron chi connectivity index (χ4n) is 3.62. The van der Waals surface area contributed by atoms with Crippen LogP contribution in [0.25, 0.3) is 17.1 Å². The van der Waals surface area contributed by atoms with E-state index in [2.05, 4.69) is 25.9 Å². The lowest BCUT2D eigenvalue weighted by Gasteiger charge is -2.19. The van der Waals surface area contributed by atoms with Gasteiger partial charge in [-0.25, -0.2) is 9.97 Å². The minimum absolute atomic E-state index is 0.465. The van der Waals surface area contributed by atoms with Crippen LogP contribution < -0.4 is 5.32 Å². The lowest BCUT2D eigenvalue weighted by Crippen LogP contribution is -2.14. The number of hydrogen-bond donors (Lipinski definition) is 1. The van der Waals surface area contributed by atoms with E-state index in [0.717, 1.165) is 60.2 Å². The Bertz CT molecular complexity index is 1090. The molecule has 1 aliphatic heterocycles. The Kier molecular flexibility index (Phi) is 4.29. The third-order valence-electron chi connectivity index (χ3n) is 5.16. The first-order valence-corrected chi connectivity index (χ1v) is 9.47. The Labute approximate surface area is 162 Å². The van der Waals surface area contributed by atoms with E-state index in [1.54, 1.807) is 6.20 Å². The van der Waals surface area contributed by atoms with Crippen LogP contribution in [0, 0.1) is 6.92 Å². The van der Waals surface area contributed by atoms with E-state index in [0.29, 0.717) is 11.7 Å². The Morgan fingerprint density at radius 1 is 1.14 bits per heavy atom. The van der Waals surface area contributed by atoms with Crippen molar-refractivity contribution in [3.63, 3.8) is 0 Å². The summed E-state index contributed by atoms with van der Waals surface area (Å²) in [6, 6.07) is 7.96. The standard InChI is InChI=1S/C21H21N5O2/c1-14-20(28-13-23-14)17-5-4-16(11-22-17)24-18-3-2-8-26-12-19(25-21(18)26)15-6-9-27-10-7-15/h2-5,8,11-13,15,24H,6-7,9-10H2,1H3. The number of pyridine rings is 2. The number of rotatable bonds is 4. The predicted molar refractivity (Wildman–Crippen MR) is 106 cm³/mol. The van der Waals surface area contributed by atoms with Gasteiger partial charge in [0.1, 0.15) is 5.69 Å². The third-order valence-corrected chi connectivity index (χ3v) is 5.16. The zero-order valence-corrected chi connectivity index (χ0v) is 15.6. The number of ether oxygens (including phenoxy) is 1. The van der Waals surface area contributed by atoms with Crippen LogP contribution in [-0.4, -0.2) is 32.6 Å². The van der Waals surface area contributed by atoms with Crippen molar-refractivity contribution in [2.45, 2.75) is 25.7 Å². The number of fused-ring (bicyclic) bond motifs is 1. The van der Waals surface area contributed by atoms with Crippen molar-refractivity contribution >= 4 is 17.0 Å². The van der Waals surface area contributed by atoms with Gasteiger partial charge < -0.3 is 18.9 Å². The fraction of sp³-hybridized carbons (Fsp3) is 0.286. The van der Waals surface area contributed by atoms with E-state index < -0.39 is 0 Å². The third kappa shape index (κ3) is 3.14. The van der Waals surface area contributed by atoms with Crippen molar-refractivity contribution in [1.29, 1.82) is 0 Å². The van der Waals surface area contributed by atoms with Crippen molar-refractivity contribution in [2.24, 2.45) is 0 Å². The molecule has 0 spiro atoms. The summed E-state index contributed by atoms with van der Waals surface area (Å²) >= 11 is 0. The smallest absolute Gasteiger partial charge is 0.181 e. The molecule has 7 heteroatoms. The highest BCUT2D eigenvalue weighted by Crippen LogP contribution is 2.29. The Balaban J connectivity index is 1.41. The number of nitrogens with zero attached hydrogens (tertiary/aromatic N) is 4. The minimum atomic E-state index is 0.465. The minimum Gasteiger partial charge on any atom is -0.442 e. The molecule has 0 aliphatic carbocycles. The van der Waals surface area contributed by atoms with Crippen LogP contribution >= 0.6 is 0 Å². The molecule has 5 heterocycles. The van der Waals surface area contributed by atoms with Gasteiger partial charge in [0.2, 0.25) is 0 Å². The highest BCUT2D eigenvalue weighted by Gasteiger charge is 2.19. The normalized spacial score (nSPS) is 15.2. The average Bonchev–Trinajstić information content (AvgIpc) is 3.36. The van der Waals surface area contributed by atoms with Crippen molar-refractivity contribution in [3.8, 4) is 11.5 Å².